The van der Waals surface area contributed by atoms with E-state index in [9.17, 15) is 8.78 Å². The Morgan fingerprint density at radius 1 is 1.33 bits per heavy atom. The summed E-state index contributed by atoms with van der Waals surface area (Å²) in [7, 11) is 1.79. The first-order chi connectivity index (χ1) is 7.07. The van der Waals surface area contributed by atoms with Crippen molar-refractivity contribution in [3.63, 3.8) is 0 Å². The Hall–Kier alpha value is -0.960. The van der Waals surface area contributed by atoms with E-state index in [2.05, 4.69) is 12.2 Å². The van der Waals surface area contributed by atoms with Gasteiger partial charge in [0.25, 0.3) is 0 Å². The van der Waals surface area contributed by atoms with Gasteiger partial charge in [0.1, 0.15) is 11.6 Å². The van der Waals surface area contributed by atoms with Crippen molar-refractivity contribution in [1.29, 1.82) is 0 Å². The van der Waals surface area contributed by atoms with Crippen LogP contribution in [-0.2, 0) is 0 Å². The summed E-state index contributed by atoms with van der Waals surface area (Å²) >= 11 is 0. The Bertz CT molecular complexity index is 372. The van der Waals surface area contributed by atoms with E-state index < -0.39 is 0 Å². The van der Waals surface area contributed by atoms with E-state index in [0.29, 0.717) is 5.56 Å². The predicted molar refractivity (Wildman–Crippen MR) is 55.5 cm³/mol. The maximum Gasteiger partial charge on any atom is 0.128 e. The Morgan fingerprint density at radius 2 is 2.00 bits per heavy atom. The molecule has 0 aromatic heterocycles. The predicted octanol–water partition coefficient (Wildman–Crippen LogP) is 3.03. The van der Waals surface area contributed by atoms with Crippen molar-refractivity contribution in [3.8, 4) is 0 Å². The highest BCUT2D eigenvalue weighted by Crippen LogP contribution is 2.54. The van der Waals surface area contributed by atoms with Crippen molar-refractivity contribution in [3.05, 3.63) is 35.4 Å². The number of hydrogen-bond acceptors (Lipinski definition) is 1. The third kappa shape index (κ3) is 1.88. The molecule has 15 heavy (non-hydrogen) atoms. The van der Waals surface area contributed by atoms with Gasteiger partial charge in [-0.05, 0) is 43.5 Å². The second-order valence-electron chi connectivity index (χ2n) is 4.54. The molecule has 1 aromatic carbocycles. The highest BCUT2D eigenvalue weighted by atomic mass is 19.1. The molecule has 82 valence electrons. The lowest BCUT2D eigenvalue weighted by atomic mass is 9.91. The van der Waals surface area contributed by atoms with Crippen LogP contribution in [0.15, 0.2) is 18.2 Å². The lowest BCUT2D eigenvalue weighted by Crippen LogP contribution is -2.25. The van der Waals surface area contributed by atoms with Crippen LogP contribution in [0.3, 0.4) is 0 Å². The zero-order chi connectivity index (χ0) is 11.1. The highest BCUT2D eigenvalue weighted by Gasteiger charge is 2.45. The number of rotatable bonds is 3. The summed E-state index contributed by atoms with van der Waals surface area (Å²) in [4.78, 5) is 0. The molecular formula is C12H15F2N. The van der Waals surface area contributed by atoms with E-state index in [0.717, 1.165) is 18.9 Å². The van der Waals surface area contributed by atoms with Crippen molar-refractivity contribution in [2.45, 2.75) is 25.8 Å². The average molecular weight is 211 g/mol. The Labute approximate surface area is 88.5 Å². The highest BCUT2D eigenvalue weighted by molar-refractivity contribution is 5.26. The van der Waals surface area contributed by atoms with Gasteiger partial charge in [0.15, 0.2) is 0 Å². The number of nitrogens with one attached hydrogen (secondary N) is 1. The first kappa shape index (κ1) is 10.6. The summed E-state index contributed by atoms with van der Waals surface area (Å²) < 4.78 is 26.6. The van der Waals surface area contributed by atoms with E-state index in [1.807, 2.05) is 0 Å². The lowest BCUT2D eigenvalue weighted by molar-refractivity contribution is 0.375. The molecule has 1 aliphatic rings. The molecule has 0 bridgehead atoms. The minimum Gasteiger partial charge on any atom is -0.312 e. The van der Waals surface area contributed by atoms with Crippen LogP contribution in [0.1, 0.15) is 31.4 Å². The minimum atomic E-state index is -0.379. The number of halogens is 2. The summed E-state index contributed by atoms with van der Waals surface area (Å²) in [6, 6.07) is 3.55. The van der Waals surface area contributed by atoms with E-state index in [1.165, 1.54) is 12.1 Å². The zero-order valence-corrected chi connectivity index (χ0v) is 8.98. The molecule has 1 aromatic rings. The fourth-order valence-electron chi connectivity index (χ4n) is 2.10. The van der Waals surface area contributed by atoms with Crippen molar-refractivity contribution in [2.24, 2.45) is 5.41 Å². The molecule has 0 radical (unpaired) electrons. The van der Waals surface area contributed by atoms with E-state index in [-0.39, 0.29) is 23.1 Å². The fraction of sp³-hybridized carbons (Fsp3) is 0.500. The van der Waals surface area contributed by atoms with Crippen LogP contribution < -0.4 is 5.32 Å². The van der Waals surface area contributed by atoms with Crippen molar-refractivity contribution >= 4 is 0 Å². The van der Waals surface area contributed by atoms with Crippen molar-refractivity contribution < 1.29 is 8.78 Å². The summed E-state index contributed by atoms with van der Waals surface area (Å²) in [5.41, 5.74) is 0.529. The molecular weight excluding hydrogens is 196 g/mol. The Kier molecular flexibility index (Phi) is 2.51. The third-order valence-corrected chi connectivity index (χ3v) is 3.29. The molecule has 3 heteroatoms. The third-order valence-electron chi connectivity index (χ3n) is 3.29. The monoisotopic (exact) mass is 211 g/mol. The van der Waals surface area contributed by atoms with Gasteiger partial charge in [0.05, 0.1) is 0 Å². The van der Waals surface area contributed by atoms with Crippen LogP contribution in [0.2, 0.25) is 0 Å². The van der Waals surface area contributed by atoms with Crippen LogP contribution in [0.5, 0.6) is 0 Å². The van der Waals surface area contributed by atoms with Gasteiger partial charge in [-0.3, -0.25) is 0 Å². The van der Waals surface area contributed by atoms with Gasteiger partial charge in [-0.1, -0.05) is 6.92 Å². The largest absolute Gasteiger partial charge is 0.312 e. The maximum absolute atomic E-state index is 13.6. The summed E-state index contributed by atoms with van der Waals surface area (Å²) in [5, 5.41) is 3.08. The fourth-order valence-corrected chi connectivity index (χ4v) is 2.10. The second kappa shape index (κ2) is 3.56. The first-order valence-electron chi connectivity index (χ1n) is 5.19. The summed E-state index contributed by atoms with van der Waals surface area (Å²) in [5.74, 6) is -0.709. The molecule has 2 rings (SSSR count). The zero-order valence-electron chi connectivity index (χ0n) is 8.98. The van der Waals surface area contributed by atoms with Gasteiger partial charge < -0.3 is 5.32 Å². The summed E-state index contributed by atoms with van der Waals surface area (Å²) in [6.07, 6.45) is 2.13. The molecule has 1 nitrogen and oxygen atoms in total. The topological polar surface area (TPSA) is 12.0 Å². The van der Waals surface area contributed by atoms with Crippen LogP contribution in [0.4, 0.5) is 8.78 Å². The van der Waals surface area contributed by atoms with Gasteiger partial charge in [-0.15, -0.1) is 0 Å². The smallest absolute Gasteiger partial charge is 0.128 e. The first-order valence-corrected chi connectivity index (χ1v) is 5.19. The molecule has 1 atom stereocenters. The van der Waals surface area contributed by atoms with E-state index in [1.54, 1.807) is 7.05 Å². The van der Waals surface area contributed by atoms with Crippen LogP contribution in [0.25, 0.3) is 0 Å². The van der Waals surface area contributed by atoms with E-state index in [4.69, 9.17) is 0 Å². The molecule has 0 spiro atoms. The normalized spacial score (nSPS) is 20.0. The molecule has 0 heterocycles. The molecule has 1 N–H and O–H groups in total. The molecule has 0 amide bonds. The second-order valence-corrected chi connectivity index (χ2v) is 4.54. The Balaban J connectivity index is 2.37. The molecule has 1 unspecified atom stereocenters. The van der Waals surface area contributed by atoms with Crippen molar-refractivity contribution in [2.75, 3.05) is 7.05 Å². The Morgan fingerprint density at radius 3 is 2.53 bits per heavy atom. The standard InChI is InChI=1S/C12H15F2N/c1-12(5-6-12)11(15-2)9-7-8(13)3-4-10(9)14/h3-4,7,11,15H,5-6H2,1-2H3. The maximum atomic E-state index is 13.6. The van der Waals surface area contributed by atoms with E-state index >= 15 is 0 Å². The van der Waals surface area contributed by atoms with Crippen LogP contribution >= 0.6 is 0 Å². The number of hydrogen-bond donors (Lipinski definition) is 1. The van der Waals surface area contributed by atoms with Crippen molar-refractivity contribution in [1.82, 2.24) is 5.32 Å². The average Bonchev–Trinajstić information content (AvgIpc) is 2.92. The van der Waals surface area contributed by atoms with Gasteiger partial charge in [-0.25, -0.2) is 8.78 Å². The minimum absolute atomic E-state index is 0.0867. The molecule has 1 aliphatic carbocycles. The molecule has 0 aliphatic heterocycles. The SMILES string of the molecule is CNC(c1cc(F)ccc1F)C1(C)CC1. The van der Waals surface area contributed by atoms with Crippen LogP contribution in [0, 0.1) is 17.0 Å². The van der Waals surface area contributed by atoms with Gasteiger partial charge in [0.2, 0.25) is 0 Å². The molecule has 0 saturated heterocycles. The van der Waals surface area contributed by atoms with Gasteiger partial charge in [-0.2, -0.15) is 0 Å². The van der Waals surface area contributed by atoms with Gasteiger partial charge >= 0.3 is 0 Å². The van der Waals surface area contributed by atoms with Crippen LogP contribution in [-0.4, -0.2) is 7.05 Å². The molecule has 1 fully saturated rings. The van der Waals surface area contributed by atoms with Gasteiger partial charge in [0, 0.05) is 11.6 Å². The lowest BCUT2D eigenvalue weighted by Gasteiger charge is -2.23. The molecule has 1 saturated carbocycles. The number of benzene rings is 1. The summed E-state index contributed by atoms with van der Waals surface area (Å²) in [6.45, 7) is 2.10. The quantitative estimate of drug-likeness (QED) is 0.810.